The minimum absolute atomic E-state index is 0.586. The van der Waals surface area contributed by atoms with Crippen molar-refractivity contribution in [1.29, 1.82) is 0 Å². The lowest BCUT2D eigenvalue weighted by Gasteiger charge is -2.21. The maximum Gasteiger partial charge on any atom is 0.164 e. The van der Waals surface area contributed by atoms with Crippen LogP contribution in [0.2, 0.25) is 0 Å². The zero-order valence-corrected chi connectivity index (χ0v) is 40.2. The highest BCUT2D eigenvalue weighted by atomic mass is 15.0. The average molecular weight is 944 g/mol. The predicted molar refractivity (Wildman–Crippen MR) is 307 cm³/mol. The van der Waals surface area contributed by atoms with E-state index in [9.17, 15) is 0 Å². The highest BCUT2D eigenvalue weighted by molar-refractivity contribution is 6.29. The van der Waals surface area contributed by atoms with E-state index in [2.05, 4.69) is 270 Å². The molecule has 0 atom stereocenters. The van der Waals surface area contributed by atoms with E-state index in [-0.39, 0.29) is 0 Å². The van der Waals surface area contributed by atoms with Crippen LogP contribution in [-0.2, 0) is 0 Å². The second-order valence-corrected chi connectivity index (χ2v) is 18.7. The highest BCUT2D eigenvalue weighted by Crippen LogP contribution is 2.47. The van der Waals surface area contributed by atoms with E-state index in [0.29, 0.717) is 17.5 Å². The summed E-state index contributed by atoms with van der Waals surface area (Å²) in [5, 5.41) is 4.85. The monoisotopic (exact) mass is 943 g/mol. The van der Waals surface area contributed by atoms with Crippen molar-refractivity contribution >= 4 is 43.6 Å². The Hall–Kier alpha value is -9.97. The van der Waals surface area contributed by atoms with E-state index in [1.807, 2.05) is 12.1 Å². The van der Waals surface area contributed by atoms with Gasteiger partial charge in [0.25, 0.3) is 0 Å². The van der Waals surface area contributed by atoms with Crippen molar-refractivity contribution < 1.29 is 0 Å². The van der Waals surface area contributed by atoms with Crippen LogP contribution >= 0.6 is 0 Å². The van der Waals surface area contributed by atoms with Crippen LogP contribution in [0.4, 0.5) is 0 Å². The molecular formula is C69H45N5. The van der Waals surface area contributed by atoms with Crippen LogP contribution in [0.15, 0.2) is 273 Å². The van der Waals surface area contributed by atoms with Gasteiger partial charge < -0.3 is 9.13 Å². The van der Waals surface area contributed by atoms with Crippen molar-refractivity contribution in [3.8, 4) is 90.0 Å². The van der Waals surface area contributed by atoms with Gasteiger partial charge in [-0.05, 0) is 81.9 Å². The topological polar surface area (TPSA) is 48.5 Å². The SMILES string of the molecule is c1ccc(-c2ccc(-c3nc(-c4ccc(-c5ccccc5)cc4)nc(-c4cc(-c5ccccc5)c(-n5c6ccccc6c6c7c8ccccc8n(-c8ccccc8)c7ccc65)c(-c5ccccc5)c4)n3)cc2)cc1. The number of aromatic nitrogens is 5. The van der Waals surface area contributed by atoms with Gasteiger partial charge in [-0.1, -0.05) is 224 Å². The van der Waals surface area contributed by atoms with E-state index in [1.165, 1.54) is 32.6 Å². The second-order valence-electron chi connectivity index (χ2n) is 18.7. The molecule has 0 aliphatic rings. The summed E-state index contributed by atoms with van der Waals surface area (Å²) in [6, 6.07) is 97.1. The first kappa shape index (κ1) is 42.9. The van der Waals surface area contributed by atoms with Gasteiger partial charge in [-0.2, -0.15) is 0 Å². The second kappa shape index (κ2) is 18.0. The quantitative estimate of drug-likeness (QED) is 0.145. The van der Waals surface area contributed by atoms with Crippen LogP contribution < -0.4 is 0 Å². The van der Waals surface area contributed by atoms with Gasteiger partial charge in [0, 0.05) is 55.0 Å². The van der Waals surface area contributed by atoms with Crippen LogP contribution in [0.5, 0.6) is 0 Å². The van der Waals surface area contributed by atoms with Crippen LogP contribution in [0, 0.1) is 0 Å². The van der Waals surface area contributed by atoms with Crippen LogP contribution in [-0.4, -0.2) is 24.1 Å². The number of benzene rings is 11. The summed E-state index contributed by atoms with van der Waals surface area (Å²) in [6.45, 7) is 0. The number of fused-ring (bicyclic) bond motifs is 7. The first-order chi connectivity index (χ1) is 36.7. The van der Waals surface area contributed by atoms with Crippen LogP contribution in [0.1, 0.15) is 0 Å². The fraction of sp³-hybridized carbons (Fsp3) is 0. The minimum Gasteiger partial charge on any atom is -0.309 e. The normalized spacial score (nSPS) is 11.5. The molecule has 5 heteroatoms. The van der Waals surface area contributed by atoms with Crippen LogP contribution in [0.3, 0.4) is 0 Å². The van der Waals surface area contributed by atoms with Crippen molar-refractivity contribution in [3.63, 3.8) is 0 Å². The van der Waals surface area contributed by atoms with Crippen LogP contribution in [0.25, 0.3) is 134 Å². The fourth-order valence-corrected chi connectivity index (χ4v) is 10.9. The molecule has 0 aliphatic heterocycles. The molecule has 0 aliphatic carbocycles. The molecule has 0 unspecified atom stereocenters. The Labute approximate surface area is 428 Å². The maximum absolute atomic E-state index is 5.39. The molecule has 0 spiro atoms. The van der Waals surface area contributed by atoms with E-state index in [1.54, 1.807) is 0 Å². The number of nitrogens with zero attached hydrogens (tertiary/aromatic N) is 5. The average Bonchev–Trinajstić information content (AvgIpc) is 4.02. The van der Waals surface area contributed by atoms with Crippen molar-refractivity contribution in [3.05, 3.63) is 273 Å². The fourth-order valence-electron chi connectivity index (χ4n) is 10.9. The summed E-state index contributed by atoms with van der Waals surface area (Å²) in [4.78, 5) is 16.0. The minimum atomic E-state index is 0.586. The van der Waals surface area contributed by atoms with Crippen molar-refractivity contribution in [2.24, 2.45) is 0 Å². The molecule has 0 N–H and O–H groups in total. The lowest BCUT2D eigenvalue weighted by molar-refractivity contribution is 1.07. The Bertz CT molecular complexity index is 4190. The molecule has 3 heterocycles. The third-order valence-electron chi connectivity index (χ3n) is 14.4. The Kier molecular flexibility index (Phi) is 10.4. The van der Waals surface area contributed by atoms with E-state index < -0.39 is 0 Å². The summed E-state index contributed by atoms with van der Waals surface area (Å²) >= 11 is 0. The first-order valence-electron chi connectivity index (χ1n) is 25.1. The molecule has 346 valence electrons. The molecule has 0 bridgehead atoms. The van der Waals surface area contributed by atoms with Crippen molar-refractivity contribution in [1.82, 2.24) is 24.1 Å². The molecule has 5 nitrogen and oxygen atoms in total. The Balaban J connectivity index is 1.04. The van der Waals surface area contributed by atoms with Crippen molar-refractivity contribution in [2.75, 3.05) is 0 Å². The third-order valence-corrected chi connectivity index (χ3v) is 14.4. The van der Waals surface area contributed by atoms with E-state index in [0.717, 1.165) is 83.6 Å². The Morgan fingerprint density at radius 3 is 1.00 bits per heavy atom. The summed E-state index contributed by atoms with van der Waals surface area (Å²) < 4.78 is 4.91. The number of hydrogen-bond acceptors (Lipinski definition) is 3. The van der Waals surface area contributed by atoms with E-state index in [4.69, 9.17) is 15.0 Å². The third kappa shape index (κ3) is 7.37. The van der Waals surface area contributed by atoms with Gasteiger partial charge in [0.1, 0.15) is 0 Å². The first-order valence-corrected chi connectivity index (χ1v) is 25.1. The summed E-state index contributed by atoms with van der Waals surface area (Å²) in [5.41, 5.74) is 18.3. The standard InChI is InChI=1S/C69H45N5/c1-6-20-46(21-7-1)48-34-38-52(39-35-48)67-70-68(53-40-36-49(37-41-53)47-22-8-2-9-23-47)72-69(71-67)54-44-58(50-24-10-3-11-25-50)66(59(45-54)51-26-12-4-13-27-51)74-61-33-19-17-31-57(61)65-63(74)43-42-62-64(65)56-30-16-18-32-60(56)73(62)55-28-14-5-15-29-55/h1-45H. The molecule has 0 radical (unpaired) electrons. The van der Waals surface area contributed by atoms with Gasteiger partial charge in [-0.15, -0.1) is 0 Å². The number of rotatable bonds is 9. The maximum atomic E-state index is 5.39. The molecule has 0 fully saturated rings. The summed E-state index contributed by atoms with van der Waals surface area (Å²) in [5.74, 6) is 1.79. The van der Waals surface area contributed by atoms with Gasteiger partial charge in [-0.3, -0.25) is 0 Å². The summed E-state index contributed by atoms with van der Waals surface area (Å²) in [6.07, 6.45) is 0. The number of para-hydroxylation sites is 3. The molecule has 0 saturated carbocycles. The molecule has 11 aromatic carbocycles. The Morgan fingerprint density at radius 1 is 0.230 bits per heavy atom. The largest absolute Gasteiger partial charge is 0.309 e. The lowest BCUT2D eigenvalue weighted by atomic mass is 9.92. The molecular weight excluding hydrogens is 899 g/mol. The van der Waals surface area contributed by atoms with Gasteiger partial charge in [0.15, 0.2) is 17.5 Å². The lowest BCUT2D eigenvalue weighted by Crippen LogP contribution is -2.04. The van der Waals surface area contributed by atoms with E-state index >= 15 is 0 Å². The molecule has 3 aromatic heterocycles. The predicted octanol–water partition coefficient (Wildman–Crippen LogP) is 17.7. The zero-order valence-electron chi connectivity index (χ0n) is 40.2. The smallest absolute Gasteiger partial charge is 0.164 e. The Morgan fingerprint density at radius 2 is 0.554 bits per heavy atom. The zero-order chi connectivity index (χ0) is 49.0. The van der Waals surface area contributed by atoms with Gasteiger partial charge >= 0.3 is 0 Å². The van der Waals surface area contributed by atoms with Crippen molar-refractivity contribution in [2.45, 2.75) is 0 Å². The van der Waals surface area contributed by atoms with Gasteiger partial charge in [-0.25, -0.2) is 15.0 Å². The summed E-state index contributed by atoms with van der Waals surface area (Å²) in [7, 11) is 0. The number of hydrogen-bond donors (Lipinski definition) is 0. The molecule has 0 saturated heterocycles. The highest BCUT2D eigenvalue weighted by Gasteiger charge is 2.25. The molecule has 0 amide bonds. The molecule has 14 rings (SSSR count). The molecule has 14 aromatic rings. The van der Waals surface area contributed by atoms with Gasteiger partial charge in [0.2, 0.25) is 0 Å². The van der Waals surface area contributed by atoms with Gasteiger partial charge in [0.05, 0.1) is 27.8 Å². The molecule has 74 heavy (non-hydrogen) atoms.